The smallest absolute Gasteiger partial charge is 0.409 e. The first-order valence-corrected chi connectivity index (χ1v) is 9.43. The van der Waals surface area contributed by atoms with Crippen LogP contribution in [0.2, 0.25) is 0 Å². The van der Waals surface area contributed by atoms with Gasteiger partial charge in [0, 0.05) is 51.0 Å². The van der Waals surface area contributed by atoms with Crippen LogP contribution in [0, 0.1) is 5.41 Å². The van der Waals surface area contributed by atoms with Crippen molar-refractivity contribution in [1.82, 2.24) is 20.2 Å². The largest absolute Gasteiger partial charge is 0.453 e. The van der Waals surface area contributed by atoms with Crippen LogP contribution in [0.4, 0.5) is 4.79 Å². The van der Waals surface area contributed by atoms with Crippen molar-refractivity contribution < 1.29 is 9.53 Å². The molecule has 2 heterocycles. The van der Waals surface area contributed by atoms with E-state index in [2.05, 4.69) is 28.5 Å². The minimum Gasteiger partial charge on any atom is -0.453 e. The molecule has 0 aromatic heterocycles. The molecule has 0 unspecified atom stereocenters. The first-order chi connectivity index (χ1) is 12.1. The maximum absolute atomic E-state index is 11.7. The fraction of sp³-hybridized carbons (Fsp3) is 0.737. The highest BCUT2D eigenvalue weighted by Crippen LogP contribution is 2.50. The summed E-state index contributed by atoms with van der Waals surface area (Å²) >= 11 is 0. The number of nitrogens with one attached hydrogen (secondary N) is 1. The summed E-state index contributed by atoms with van der Waals surface area (Å²) in [6.45, 7) is 12.5. The fourth-order valence-electron chi connectivity index (χ4n) is 4.79. The third-order valence-corrected chi connectivity index (χ3v) is 6.23. The van der Waals surface area contributed by atoms with Gasteiger partial charge in [0.25, 0.3) is 0 Å². The van der Waals surface area contributed by atoms with Crippen LogP contribution in [-0.2, 0) is 4.74 Å². The summed E-state index contributed by atoms with van der Waals surface area (Å²) in [5.74, 6) is 0. The number of amides is 1. The zero-order valence-corrected chi connectivity index (χ0v) is 15.5. The van der Waals surface area contributed by atoms with E-state index in [1.165, 1.54) is 20.0 Å². The van der Waals surface area contributed by atoms with Crippen LogP contribution in [0.3, 0.4) is 0 Å². The van der Waals surface area contributed by atoms with E-state index in [1.807, 2.05) is 17.2 Å². The molecule has 25 heavy (non-hydrogen) atoms. The van der Waals surface area contributed by atoms with Gasteiger partial charge in [-0.15, -0.1) is 6.58 Å². The topological polar surface area (TPSA) is 48.0 Å². The second-order valence-corrected chi connectivity index (χ2v) is 7.71. The molecule has 6 heteroatoms. The molecule has 1 aliphatic carbocycles. The Morgan fingerprint density at radius 2 is 2.04 bits per heavy atom. The average Bonchev–Trinajstić information content (AvgIpc) is 3.07. The lowest BCUT2D eigenvalue weighted by Crippen LogP contribution is -2.56. The minimum atomic E-state index is -0.169. The molecule has 3 aliphatic rings. The number of hydrazine groups is 1. The first-order valence-electron chi connectivity index (χ1n) is 9.43. The van der Waals surface area contributed by atoms with Crippen LogP contribution in [0.1, 0.15) is 32.1 Å². The Hall–Kier alpha value is -1.53. The summed E-state index contributed by atoms with van der Waals surface area (Å²) < 4.78 is 4.86. The predicted octanol–water partition coefficient (Wildman–Crippen LogP) is 2.21. The summed E-state index contributed by atoms with van der Waals surface area (Å²) in [6.07, 6.45) is 9.50. The maximum atomic E-state index is 11.7. The maximum Gasteiger partial charge on any atom is 0.409 e. The molecular formula is C19H32N4O2. The summed E-state index contributed by atoms with van der Waals surface area (Å²) in [6, 6.07) is 1.21. The van der Waals surface area contributed by atoms with Crippen molar-refractivity contribution in [3.05, 3.63) is 25.4 Å². The van der Waals surface area contributed by atoms with Crippen molar-refractivity contribution in [2.24, 2.45) is 5.41 Å². The summed E-state index contributed by atoms with van der Waals surface area (Å²) in [5.41, 5.74) is 3.71. The second kappa shape index (κ2) is 7.79. The number of hydrogen-bond donors (Lipinski definition) is 1. The number of carbonyl (C=O) groups is 1. The SMILES string of the molecule is C=CCNN(C=C)C1CCN(C2CC3(CCN(C(=O)OC)C3)C2)CC1. The van der Waals surface area contributed by atoms with Gasteiger partial charge in [0.15, 0.2) is 0 Å². The first kappa shape index (κ1) is 18.3. The van der Waals surface area contributed by atoms with Crippen molar-refractivity contribution in [2.75, 3.05) is 39.8 Å². The van der Waals surface area contributed by atoms with E-state index in [9.17, 15) is 4.79 Å². The zero-order chi connectivity index (χ0) is 17.9. The molecule has 0 radical (unpaired) electrons. The van der Waals surface area contributed by atoms with Gasteiger partial charge in [0.2, 0.25) is 0 Å². The summed E-state index contributed by atoms with van der Waals surface area (Å²) in [4.78, 5) is 16.2. The van der Waals surface area contributed by atoms with Crippen LogP contribution in [-0.4, -0.2) is 72.8 Å². The van der Waals surface area contributed by atoms with Crippen molar-refractivity contribution in [3.8, 4) is 0 Å². The lowest BCUT2D eigenvalue weighted by Gasteiger charge is -2.52. The Balaban J connectivity index is 1.42. The van der Waals surface area contributed by atoms with E-state index in [1.54, 1.807) is 0 Å². The molecule has 1 N–H and O–H groups in total. The van der Waals surface area contributed by atoms with Gasteiger partial charge < -0.3 is 19.5 Å². The molecule has 2 aliphatic heterocycles. The molecule has 0 aromatic rings. The molecule has 1 spiro atoms. The fourth-order valence-corrected chi connectivity index (χ4v) is 4.79. The van der Waals surface area contributed by atoms with Gasteiger partial charge >= 0.3 is 6.09 Å². The molecule has 3 fully saturated rings. The number of carbonyl (C=O) groups excluding carboxylic acids is 1. The van der Waals surface area contributed by atoms with Crippen LogP contribution < -0.4 is 5.43 Å². The monoisotopic (exact) mass is 348 g/mol. The number of hydrogen-bond acceptors (Lipinski definition) is 5. The molecule has 0 atom stereocenters. The van der Waals surface area contributed by atoms with Gasteiger partial charge in [-0.1, -0.05) is 12.7 Å². The Morgan fingerprint density at radius 1 is 1.32 bits per heavy atom. The predicted molar refractivity (Wildman–Crippen MR) is 98.9 cm³/mol. The van der Waals surface area contributed by atoms with Gasteiger partial charge in [0.05, 0.1) is 7.11 Å². The lowest BCUT2D eigenvalue weighted by atomic mass is 9.64. The van der Waals surface area contributed by atoms with Crippen molar-refractivity contribution >= 4 is 6.09 Å². The van der Waals surface area contributed by atoms with Gasteiger partial charge in [-0.3, -0.25) is 0 Å². The third kappa shape index (κ3) is 3.85. The Labute approximate surface area is 151 Å². The molecule has 2 saturated heterocycles. The van der Waals surface area contributed by atoms with Crippen molar-refractivity contribution in [1.29, 1.82) is 0 Å². The molecule has 0 aromatic carbocycles. The summed E-state index contributed by atoms with van der Waals surface area (Å²) in [5, 5.41) is 2.15. The normalized spacial score (nSPS) is 30.1. The second-order valence-electron chi connectivity index (χ2n) is 7.71. The third-order valence-electron chi connectivity index (χ3n) is 6.23. The van der Waals surface area contributed by atoms with E-state index in [-0.39, 0.29) is 6.09 Å². The number of methoxy groups -OCH3 is 1. The Kier molecular flexibility index (Phi) is 5.69. The molecule has 1 amide bonds. The average molecular weight is 348 g/mol. The highest BCUT2D eigenvalue weighted by atomic mass is 16.5. The van der Waals surface area contributed by atoms with Crippen LogP contribution >= 0.6 is 0 Å². The minimum absolute atomic E-state index is 0.169. The molecule has 6 nitrogen and oxygen atoms in total. The quantitative estimate of drug-likeness (QED) is 0.589. The van der Waals surface area contributed by atoms with Gasteiger partial charge in [-0.05, 0) is 37.5 Å². The van der Waals surface area contributed by atoms with Crippen molar-refractivity contribution in [2.45, 2.75) is 44.2 Å². The van der Waals surface area contributed by atoms with Crippen molar-refractivity contribution in [3.63, 3.8) is 0 Å². The van der Waals surface area contributed by atoms with E-state index in [0.717, 1.165) is 52.0 Å². The number of nitrogens with zero attached hydrogens (tertiary/aromatic N) is 3. The van der Waals surface area contributed by atoms with Gasteiger partial charge in [0.1, 0.15) is 0 Å². The molecule has 1 saturated carbocycles. The summed E-state index contributed by atoms with van der Waals surface area (Å²) in [7, 11) is 1.47. The van der Waals surface area contributed by atoms with E-state index in [0.29, 0.717) is 17.5 Å². The van der Waals surface area contributed by atoms with E-state index < -0.39 is 0 Å². The molecular weight excluding hydrogens is 316 g/mol. The highest BCUT2D eigenvalue weighted by Gasteiger charge is 2.51. The zero-order valence-electron chi connectivity index (χ0n) is 15.5. The lowest BCUT2D eigenvalue weighted by molar-refractivity contribution is -0.0152. The molecule has 0 bridgehead atoms. The number of rotatable bonds is 6. The van der Waals surface area contributed by atoms with E-state index in [4.69, 9.17) is 4.74 Å². The van der Waals surface area contributed by atoms with Crippen LogP contribution in [0.5, 0.6) is 0 Å². The molecule has 140 valence electrons. The number of ether oxygens (including phenoxy) is 1. The Morgan fingerprint density at radius 3 is 2.64 bits per heavy atom. The van der Waals surface area contributed by atoms with Gasteiger partial charge in [-0.25, -0.2) is 10.2 Å². The van der Waals surface area contributed by atoms with Crippen LogP contribution in [0.15, 0.2) is 25.4 Å². The number of piperidine rings is 1. The van der Waals surface area contributed by atoms with Gasteiger partial charge in [-0.2, -0.15) is 0 Å². The highest BCUT2D eigenvalue weighted by molar-refractivity contribution is 5.67. The number of likely N-dealkylation sites (tertiary alicyclic amines) is 2. The Bertz CT molecular complexity index is 496. The van der Waals surface area contributed by atoms with E-state index >= 15 is 0 Å². The standard InChI is InChI=1S/C19H32N4O2/c1-4-9-20-23(5-2)16-6-10-21(11-7-16)17-13-19(14-17)8-12-22(15-19)18(24)25-3/h4-5,16-17,20H,1-2,6-15H2,3H3. The van der Waals surface area contributed by atoms with Crippen LogP contribution in [0.25, 0.3) is 0 Å². The molecule has 3 rings (SSSR count).